The van der Waals surface area contributed by atoms with E-state index >= 15 is 0 Å². The third-order valence-corrected chi connectivity index (χ3v) is 3.28. The summed E-state index contributed by atoms with van der Waals surface area (Å²) < 4.78 is 5.79. The summed E-state index contributed by atoms with van der Waals surface area (Å²) in [6.07, 6.45) is 3.37. The van der Waals surface area contributed by atoms with E-state index in [1.165, 1.54) is 0 Å². The van der Waals surface area contributed by atoms with Crippen molar-refractivity contribution in [2.45, 2.75) is 6.92 Å². The number of ether oxygens (including phenoxy) is 1. The fourth-order valence-electron chi connectivity index (χ4n) is 1.66. The van der Waals surface area contributed by atoms with Gasteiger partial charge in [-0.3, -0.25) is 4.98 Å². The van der Waals surface area contributed by atoms with Crippen molar-refractivity contribution in [2.75, 3.05) is 11.9 Å². The van der Waals surface area contributed by atoms with Crippen LogP contribution in [0.15, 0.2) is 36.0 Å². The van der Waals surface area contributed by atoms with Gasteiger partial charge in [0.25, 0.3) is 0 Å². The number of nitrogens with one attached hydrogen (secondary N) is 1. The maximum Gasteiger partial charge on any atom is 0.232 e. The van der Waals surface area contributed by atoms with Gasteiger partial charge < -0.3 is 10.1 Å². The molecule has 0 aliphatic carbocycles. The Balaban J connectivity index is 2.03. The summed E-state index contributed by atoms with van der Waals surface area (Å²) in [5, 5.41) is 5.99. The van der Waals surface area contributed by atoms with Crippen LogP contribution in [0.1, 0.15) is 6.92 Å². The Kier molecular flexibility index (Phi) is 3.24. The molecule has 96 valence electrons. The highest BCUT2D eigenvalue weighted by Gasteiger charge is 2.10. The fraction of sp³-hybridized carbons (Fsp3) is 0.154. The van der Waals surface area contributed by atoms with Crippen molar-refractivity contribution in [3.05, 3.63) is 36.0 Å². The molecule has 1 N–H and O–H groups in total. The first-order valence-corrected chi connectivity index (χ1v) is 6.82. The quantitative estimate of drug-likeness (QED) is 0.789. The molecule has 0 amide bonds. The second-order valence-electron chi connectivity index (χ2n) is 3.81. The fourth-order valence-corrected chi connectivity index (χ4v) is 2.42. The van der Waals surface area contributed by atoms with Crippen molar-refractivity contribution < 1.29 is 4.74 Å². The van der Waals surface area contributed by atoms with Crippen LogP contribution in [0.2, 0.25) is 0 Å². The van der Waals surface area contributed by atoms with E-state index in [1.54, 1.807) is 23.7 Å². The molecular formula is C13H12N4OS. The first-order chi connectivity index (χ1) is 9.36. The Morgan fingerprint density at radius 3 is 3.05 bits per heavy atom. The van der Waals surface area contributed by atoms with Gasteiger partial charge in [-0.2, -0.15) is 4.98 Å². The molecule has 0 aromatic carbocycles. The molecular weight excluding hydrogens is 260 g/mol. The number of thiophene rings is 1. The maximum atomic E-state index is 5.79. The zero-order valence-corrected chi connectivity index (χ0v) is 11.1. The number of anilines is 1. The van der Waals surface area contributed by atoms with E-state index < -0.39 is 0 Å². The molecule has 6 heteroatoms. The van der Waals surface area contributed by atoms with E-state index in [2.05, 4.69) is 20.3 Å². The molecule has 0 aliphatic rings. The molecule has 0 atom stereocenters. The molecule has 0 radical (unpaired) electrons. The summed E-state index contributed by atoms with van der Waals surface area (Å²) in [6, 6.07) is 5.63. The highest BCUT2D eigenvalue weighted by Crippen LogP contribution is 2.30. The van der Waals surface area contributed by atoms with Crippen molar-refractivity contribution in [3.8, 4) is 11.6 Å². The van der Waals surface area contributed by atoms with Gasteiger partial charge in [-0.05, 0) is 30.5 Å². The van der Waals surface area contributed by atoms with Gasteiger partial charge in [0.15, 0.2) is 0 Å². The van der Waals surface area contributed by atoms with Crippen LogP contribution in [-0.4, -0.2) is 21.5 Å². The molecule has 3 aromatic heterocycles. The topological polar surface area (TPSA) is 59.9 Å². The van der Waals surface area contributed by atoms with Crippen molar-refractivity contribution >= 4 is 27.5 Å². The molecule has 5 nitrogen and oxygen atoms in total. The minimum absolute atomic E-state index is 0.551. The summed E-state index contributed by atoms with van der Waals surface area (Å²) in [5.41, 5.74) is 0. The normalized spacial score (nSPS) is 10.6. The number of hydrogen-bond acceptors (Lipinski definition) is 6. The van der Waals surface area contributed by atoms with Crippen molar-refractivity contribution in [1.82, 2.24) is 15.0 Å². The third kappa shape index (κ3) is 2.48. The second kappa shape index (κ2) is 5.19. The number of nitrogens with zero attached hydrogens (tertiary/aromatic N) is 3. The lowest BCUT2D eigenvalue weighted by Crippen LogP contribution is -2.02. The van der Waals surface area contributed by atoms with Gasteiger partial charge in [0.2, 0.25) is 11.8 Å². The van der Waals surface area contributed by atoms with Gasteiger partial charge >= 0.3 is 0 Å². The van der Waals surface area contributed by atoms with E-state index in [-0.39, 0.29) is 0 Å². The van der Waals surface area contributed by atoms with E-state index in [0.717, 1.165) is 16.8 Å². The molecule has 3 heterocycles. The molecule has 0 unspecified atom stereocenters. The highest BCUT2D eigenvalue weighted by molar-refractivity contribution is 7.16. The number of aromatic nitrogens is 3. The highest BCUT2D eigenvalue weighted by atomic mass is 32.1. The summed E-state index contributed by atoms with van der Waals surface area (Å²) in [6.45, 7) is 2.77. The van der Waals surface area contributed by atoms with E-state index in [4.69, 9.17) is 4.74 Å². The van der Waals surface area contributed by atoms with Crippen molar-refractivity contribution in [1.29, 1.82) is 0 Å². The van der Waals surface area contributed by atoms with Crippen LogP contribution in [0.25, 0.3) is 10.2 Å². The van der Waals surface area contributed by atoms with Gasteiger partial charge in [0.05, 0.1) is 11.6 Å². The van der Waals surface area contributed by atoms with Gasteiger partial charge in [0.1, 0.15) is 10.6 Å². The van der Waals surface area contributed by atoms with Gasteiger partial charge in [-0.15, -0.1) is 11.3 Å². The van der Waals surface area contributed by atoms with Gasteiger partial charge in [0, 0.05) is 12.7 Å². The predicted octanol–water partition coefficient (Wildman–Crippen LogP) is 3.31. The predicted molar refractivity (Wildman–Crippen MR) is 75.9 cm³/mol. The summed E-state index contributed by atoms with van der Waals surface area (Å²) >= 11 is 1.57. The third-order valence-electron chi connectivity index (χ3n) is 2.47. The van der Waals surface area contributed by atoms with Gasteiger partial charge in [-0.1, -0.05) is 0 Å². The molecule has 0 saturated heterocycles. The van der Waals surface area contributed by atoms with Crippen LogP contribution < -0.4 is 10.1 Å². The Labute approximate surface area is 114 Å². The Bertz CT molecular complexity index is 683. The van der Waals surface area contributed by atoms with Crippen LogP contribution in [-0.2, 0) is 0 Å². The van der Waals surface area contributed by atoms with Crippen LogP contribution in [0.3, 0.4) is 0 Å². The van der Waals surface area contributed by atoms with Crippen molar-refractivity contribution in [3.63, 3.8) is 0 Å². The lowest BCUT2D eigenvalue weighted by molar-refractivity contribution is 0.467. The second-order valence-corrected chi connectivity index (χ2v) is 4.71. The Hall–Kier alpha value is -2.21. The Morgan fingerprint density at radius 2 is 2.26 bits per heavy atom. The standard InChI is InChI=1S/C13H12N4OS/c1-2-15-13-16-11(10-5-7-19-12(10)17-13)18-9-4-3-6-14-8-9/h3-8H,2H2,1H3,(H,15,16,17). The maximum absolute atomic E-state index is 5.79. The van der Waals surface area contributed by atoms with Crippen LogP contribution >= 0.6 is 11.3 Å². The Morgan fingerprint density at radius 1 is 1.32 bits per heavy atom. The molecule has 0 spiro atoms. The largest absolute Gasteiger partial charge is 0.437 e. The van der Waals surface area contributed by atoms with E-state index in [9.17, 15) is 0 Å². The SMILES string of the molecule is CCNc1nc(Oc2cccnc2)c2ccsc2n1. The number of rotatable bonds is 4. The molecule has 3 aromatic rings. The average molecular weight is 272 g/mol. The van der Waals surface area contributed by atoms with Crippen molar-refractivity contribution in [2.24, 2.45) is 0 Å². The van der Waals surface area contributed by atoms with E-state index in [1.807, 2.05) is 30.5 Å². The lowest BCUT2D eigenvalue weighted by Gasteiger charge is -2.07. The summed E-state index contributed by atoms with van der Waals surface area (Å²) in [7, 11) is 0. The molecule has 0 aliphatic heterocycles. The van der Waals surface area contributed by atoms with Crippen LogP contribution in [0.5, 0.6) is 11.6 Å². The molecule has 0 fully saturated rings. The minimum atomic E-state index is 0.551. The first kappa shape index (κ1) is 11.9. The summed E-state index contributed by atoms with van der Waals surface area (Å²) in [5.74, 6) is 1.79. The van der Waals surface area contributed by atoms with Gasteiger partial charge in [-0.25, -0.2) is 4.98 Å². The molecule has 3 rings (SSSR count). The lowest BCUT2D eigenvalue weighted by atomic mass is 10.4. The van der Waals surface area contributed by atoms with Crippen LogP contribution in [0, 0.1) is 0 Å². The zero-order valence-electron chi connectivity index (χ0n) is 10.3. The average Bonchev–Trinajstić information content (AvgIpc) is 2.89. The summed E-state index contributed by atoms with van der Waals surface area (Å²) in [4.78, 5) is 13.8. The van der Waals surface area contributed by atoms with Crippen LogP contribution in [0.4, 0.5) is 5.95 Å². The number of pyridine rings is 1. The van der Waals surface area contributed by atoms with E-state index in [0.29, 0.717) is 17.6 Å². The molecule has 0 bridgehead atoms. The first-order valence-electron chi connectivity index (χ1n) is 5.94. The zero-order chi connectivity index (χ0) is 13.1. The molecule has 0 saturated carbocycles. The molecule has 19 heavy (non-hydrogen) atoms. The smallest absolute Gasteiger partial charge is 0.232 e. The monoisotopic (exact) mass is 272 g/mol. The number of fused-ring (bicyclic) bond motifs is 1. The number of hydrogen-bond donors (Lipinski definition) is 1. The minimum Gasteiger partial charge on any atom is -0.437 e.